The van der Waals surface area contributed by atoms with Crippen LogP contribution in [0.3, 0.4) is 0 Å². The second-order valence-corrected chi connectivity index (χ2v) is 7.77. The molecule has 1 fully saturated rings. The second kappa shape index (κ2) is 9.81. The van der Waals surface area contributed by atoms with Crippen LogP contribution in [-0.4, -0.2) is 49.1 Å². The summed E-state index contributed by atoms with van der Waals surface area (Å²) in [6.07, 6.45) is 1.81. The number of piperazine rings is 1. The lowest BCUT2D eigenvalue weighted by Gasteiger charge is -2.39. The molecule has 160 valence electrons. The van der Waals surface area contributed by atoms with E-state index in [2.05, 4.69) is 20.1 Å². The molecule has 2 aromatic carbocycles. The highest BCUT2D eigenvalue weighted by atomic mass is 35.5. The summed E-state index contributed by atoms with van der Waals surface area (Å²) in [5.41, 5.74) is 1.61. The Morgan fingerprint density at radius 3 is 2.42 bits per heavy atom. The van der Waals surface area contributed by atoms with E-state index >= 15 is 0 Å². The number of ether oxygens (including phenoxy) is 1. The third kappa shape index (κ3) is 4.98. The number of nitrogens with one attached hydrogen (secondary N) is 1. The predicted molar refractivity (Wildman–Crippen MR) is 124 cm³/mol. The van der Waals surface area contributed by atoms with Gasteiger partial charge in [-0.15, -0.1) is 0 Å². The van der Waals surface area contributed by atoms with Gasteiger partial charge in [0.15, 0.2) is 0 Å². The van der Waals surface area contributed by atoms with Crippen LogP contribution in [-0.2, 0) is 4.79 Å². The molecule has 3 aromatic rings. The van der Waals surface area contributed by atoms with E-state index in [-0.39, 0.29) is 5.91 Å². The smallest absolute Gasteiger partial charge is 0.246 e. The van der Waals surface area contributed by atoms with Gasteiger partial charge in [-0.3, -0.25) is 9.69 Å². The van der Waals surface area contributed by atoms with Crippen LogP contribution < -0.4 is 15.0 Å². The van der Waals surface area contributed by atoms with Gasteiger partial charge in [-0.25, -0.2) is 4.98 Å². The first kappa shape index (κ1) is 21.2. The standard InChI is InChI=1S/C24H25ClN4O2/c1-31-21-11-10-19(17-20(21)25)27-24(30)23(18-7-3-2-4-8-18)29-15-13-28(14-16-29)22-9-5-6-12-26-22/h2-12,17,23H,13-16H2,1H3,(H,27,30)/t23-/m0/s1. The molecule has 1 saturated heterocycles. The molecule has 1 atom stereocenters. The second-order valence-electron chi connectivity index (χ2n) is 7.36. The van der Waals surface area contributed by atoms with Crippen molar-refractivity contribution in [3.63, 3.8) is 0 Å². The lowest BCUT2D eigenvalue weighted by Crippen LogP contribution is -2.50. The fourth-order valence-electron chi connectivity index (χ4n) is 3.87. The number of amides is 1. The number of hydrogen-bond acceptors (Lipinski definition) is 5. The Balaban J connectivity index is 1.51. The summed E-state index contributed by atoms with van der Waals surface area (Å²) >= 11 is 6.23. The van der Waals surface area contributed by atoms with Gasteiger partial charge in [0.2, 0.25) is 5.91 Å². The van der Waals surface area contributed by atoms with E-state index in [4.69, 9.17) is 16.3 Å². The van der Waals surface area contributed by atoms with Crippen LogP contribution in [0.15, 0.2) is 72.9 Å². The van der Waals surface area contributed by atoms with Gasteiger partial charge in [-0.05, 0) is 35.9 Å². The van der Waals surface area contributed by atoms with E-state index in [1.807, 2.05) is 54.7 Å². The van der Waals surface area contributed by atoms with Gasteiger partial charge < -0.3 is 15.0 Å². The van der Waals surface area contributed by atoms with Crippen LogP contribution in [0.1, 0.15) is 11.6 Å². The molecule has 0 unspecified atom stereocenters. The molecule has 1 aromatic heterocycles. The summed E-state index contributed by atoms with van der Waals surface area (Å²) in [5, 5.41) is 3.49. The first-order valence-corrected chi connectivity index (χ1v) is 10.6. The zero-order chi connectivity index (χ0) is 21.6. The van der Waals surface area contributed by atoms with E-state index < -0.39 is 6.04 Å². The first-order chi connectivity index (χ1) is 15.2. The predicted octanol–water partition coefficient (Wildman–Crippen LogP) is 4.25. The van der Waals surface area contributed by atoms with Crippen LogP contribution in [0.25, 0.3) is 0 Å². The third-order valence-corrected chi connectivity index (χ3v) is 5.73. The molecule has 0 bridgehead atoms. The molecule has 31 heavy (non-hydrogen) atoms. The Bertz CT molecular complexity index is 1010. The van der Waals surface area contributed by atoms with Crippen LogP contribution in [0, 0.1) is 0 Å². The molecule has 1 aliphatic rings. The van der Waals surface area contributed by atoms with Crippen molar-refractivity contribution in [1.82, 2.24) is 9.88 Å². The van der Waals surface area contributed by atoms with Crippen LogP contribution in [0.4, 0.5) is 11.5 Å². The summed E-state index contributed by atoms with van der Waals surface area (Å²) < 4.78 is 5.20. The maximum atomic E-state index is 13.4. The van der Waals surface area contributed by atoms with Gasteiger partial charge in [0, 0.05) is 38.1 Å². The minimum Gasteiger partial charge on any atom is -0.495 e. The Morgan fingerprint density at radius 1 is 1.03 bits per heavy atom. The van der Waals surface area contributed by atoms with Crippen molar-refractivity contribution in [2.45, 2.75) is 6.04 Å². The molecular formula is C24H25ClN4O2. The van der Waals surface area contributed by atoms with Crippen molar-refractivity contribution >= 4 is 29.0 Å². The van der Waals surface area contributed by atoms with Crippen molar-refractivity contribution in [3.8, 4) is 5.75 Å². The quantitative estimate of drug-likeness (QED) is 0.626. The minimum atomic E-state index is -0.395. The van der Waals surface area contributed by atoms with Crippen LogP contribution >= 0.6 is 11.6 Å². The summed E-state index contributed by atoms with van der Waals surface area (Å²) in [4.78, 5) is 22.3. The van der Waals surface area contributed by atoms with Gasteiger partial charge >= 0.3 is 0 Å². The molecular weight excluding hydrogens is 412 g/mol. The maximum absolute atomic E-state index is 13.4. The molecule has 7 heteroatoms. The van der Waals surface area contributed by atoms with Crippen LogP contribution in [0.5, 0.6) is 5.75 Å². The van der Waals surface area contributed by atoms with E-state index in [0.717, 1.165) is 37.6 Å². The van der Waals surface area contributed by atoms with E-state index in [1.54, 1.807) is 25.3 Å². The average Bonchev–Trinajstić information content (AvgIpc) is 2.81. The maximum Gasteiger partial charge on any atom is 0.246 e. The fourth-order valence-corrected chi connectivity index (χ4v) is 4.13. The van der Waals surface area contributed by atoms with Gasteiger partial charge in [-0.2, -0.15) is 0 Å². The van der Waals surface area contributed by atoms with Gasteiger partial charge in [0.1, 0.15) is 17.6 Å². The van der Waals surface area contributed by atoms with E-state index in [9.17, 15) is 4.79 Å². The summed E-state index contributed by atoms with van der Waals surface area (Å²) in [5.74, 6) is 1.46. The molecule has 1 aliphatic heterocycles. The third-order valence-electron chi connectivity index (χ3n) is 5.44. The highest BCUT2D eigenvalue weighted by molar-refractivity contribution is 6.32. The first-order valence-electron chi connectivity index (χ1n) is 10.2. The monoisotopic (exact) mass is 436 g/mol. The summed E-state index contributed by atoms with van der Waals surface area (Å²) in [6.45, 7) is 3.13. The van der Waals surface area contributed by atoms with Gasteiger partial charge in [0.05, 0.1) is 12.1 Å². The average molecular weight is 437 g/mol. The molecule has 1 amide bonds. The van der Waals surface area contributed by atoms with E-state index in [1.165, 1.54) is 0 Å². The van der Waals surface area contributed by atoms with Crippen molar-refractivity contribution < 1.29 is 9.53 Å². The molecule has 0 saturated carbocycles. The highest BCUT2D eigenvalue weighted by Crippen LogP contribution is 2.29. The van der Waals surface area contributed by atoms with Gasteiger partial charge in [-0.1, -0.05) is 48.0 Å². The van der Waals surface area contributed by atoms with Crippen LogP contribution in [0.2, 0.25) is 5.02 Å². The zero-order valence-electron chi connectivity index (χ0n) is 17.4. The Hall–Kier alpha value is -3.09. The van der Waals surface area contributed by atoms with E-state index in [0.29, 0.717) is 16.5 Å². The SMILES string of the molecule is COc1ccc(NC(=O)[C@H](c2ccccc2)N2CCN(c3ccccn3)CC2)cc1Cl. The number of carbonyl (C=O) groups is 1. The number of anilines is 2. The number of nitrogens with zero attached hydrogens (tertiary/aromatic N) is 3. The normalized spacial score (nSPS) is 15.4. The molecule has 4 rings (SSSR count). The van der Waals surface area contributed by atoms with Gasteiger partial charge in [0.25, 0.3) is 0 Å². The zero-order valence-corrected chi connectivity index (χ0v) is 18.1. The number of halogens is 1. The lowest BCUT2D eigenvalue weighted by molar-refractivity contribution is -0.121. The number of benzene rings is 2. The topological polar surface area (TPSA) is 57.7 Å². The number of aromatic nitrogens is 1. The molecule has 6 nitrogen and oxygen atoms in total. The summed E-state index contributed by atoms with van der Waals surface area (Å²) in [7, 11) is 1.56. The lowest BCUT2D eigenvalue weighted by atomic mass is 10.0. The fraction of sp³-hybridized carbons (Fsp3) is 0.250. The van der Waals surface area contributed by atoms with Crippen molar-refractivity contribution in [2.75, 3.05) is 43.5 Å². The Morgan fingerprint density at radius 2 is 1.77 bits per heavy atom. The summed E-state index contributed by atoms with van der Waals surface area (Å²) in [6, 6.07) is 20.7. The Labute approximate surface area is 187 Å². The number of rotatable bonds is 6. The molecule has 0 aliphatic carbocycles. The largest absolute Gasteiger partial charge is 0.495 e. The molecule has 0 spiro atoms. The number of pyridine rings is 1. The van der Waals surface area contributed by atoms with Crippen molar-refractivity contribution in [3.05, 3.63) is 83.5 Å². The van der Waals surface area contributed by atoms with Crippen molar-refractivity contribution in [1.29, 1.82) is 0 Å². The number of methoxy groups -OCH3 is 1. The Kier molecular flexibility index (Phi) is 6.70. The minimum absolute atomic E-state index is 0.0845. The highest BCUT2D eigenvalue weighted by Gasteiger charge is 2.31. The molecule has 2 heterocycles. The number of hydrogen-bond donors (Lipinski definition) is 1. The van der Waals surface area contributed by atoms with Crippen molar-refractivity contribution in [2.24, 2.45) is 0 Å². The molecule has 0 radical (unpaired) electrons. The molecule has 1 N–H and O–H groups in total. The number of carbonyl (C=O) groups excluding carboxylic acids is 1.